The summed E-state index contributed by atoms with van der Waals surface area (Å²) < 4.78 is 33.8. The lowest BCUT2D eigenvalue weighted by atomic mass is 9.94. The Labute approximate surface area is 212 Å². The highest BCUT2D eigenvalue weighted by Gasteiger charge is 2.32. The SMILES string of the molecule is C[C@H](OC(=O)c1cc(S(=O)(=O)N2CCCc3ccccc32)ccc1Cl)C(=O)N(C)C1CCCCC1. The molecule has 2 aliphatic rings. The predicted octanol–water partition coefficient (Wildman–Crippen LogP) is 4.82. The van der Waals surface area contributed by atoms with Gasteiger partial charge < -0.3 is 9.64 Å². The maximum Gasteiger partial charge on any atom is 0.340 e. The molecule has 0 unspecified atom stereocenters. The highest BCUT2D eigenvalue weighted by Crippen LogP contribution is 2.33. The molecule has 2 aromatic rings. The van der Waals surface area contributed by atoms with Crippen LogP contribution >= 0.6 is 11.6 Å². The number of para-hydroxylation sites is 1. The minimum atomic E-state index is -3.93. The number of ether oxygens (including phenoxy) is 1. The van der Waals surface area contributed by atoms with Gasteiger partial charge in [-0.3, -0.25) is 9.10 Å². The molecule has 1 atom stereocenters. The van der Waals surface area contributed by atoms with Gasteiger partial charge >= 0.3 is 5.97 Å². The maximum atomic E-state index is 13.5. The molecule has 0 N–H and O–H groups in total. The van der Waals surface area contributed by atoms with Crippen LogP contribution in [-0.2, 0) is 26.0 Å². The summed E-state index contributed by atoms with van der Waals surface area (Å²) in [7, 11) is -2.19. The van der Waals surface area contributed by atoms with Gasteiger partial charge in [-0.15, -0.1) is 0 Å². The molecule has 2 aromatic carbocycles. The summed E-state index contributed by atoms with van der Waals surface area (Å²) in [5.74, 6) is -1.11. The summed E-state index contributed by atoms with van der Waals surface area (Å²) in [4.78, 5) is 27.4. The van der Waals surface area contributed by atoms with Gasteiger partial charge in [-0.1, -0.05) is 49.1 Å². The Balaban J connectivity index is 1.53. The topological polar surface area (TPSA) is 84.0 Å². The number of rotatable bonds is 6. The van der Waals surface area contributed by atoms with Gasteiger partial charge in [0.1, 0.15) is 0 Å². The summed E-state index contributed by atoms with van der Waals surface area (Å²) in [6, 6.07) is 11.5. The van der Waals surface area contributed by atoms with Crippen molar-refractivity contribution >= 4 is 39.2 Å². The third-order valence-electron chi connectivity index (χ3n) is 6.91. The number of carbonyl (C=O) groups excluding carboxylic acids is 2. The third kappa shape index (κ3) is 5.33. The molecule has 0 radical (unpaired) electrons. The van der Waals surface area contributed by atoms with Crippen LogP contribution in [0.15, 0.2) is 47.4 Å². The molecule has 1 fully saturated rings. The van der Waals surface area contributed by atoms with Crippen molar-refractivity contribution in [3.63, 3.8) is 0 Å². The number of anilines is 1. The van der Waals surface area contributed by atoms with Gasteiger partial charge in [0, 0.05) is 19.6 Å². The van der Waals surface area contributed by atoms with Gasteiger partial charge in [0.2, 0.25) is 0 Å². The molecule has 1 aliphatic heterocycles. The Bertz CT molecular complexity index is 1210. The molecule has 1 amide bonds. The van der Waals surface area contributed by atoms with Gasteiger partial charge in [0.25, 0.3) is 15.9 Å². The molecule has 0 spiro atoms. The molecule has 9 heteroatoms. The molecule has 7 nitrogen and oxygen atoms in total. The zero-order valence-electron chi connectivity index (χ0n) is 20.1. The van der Waals surface area contributed by atoms with Crippen LogP contribution in [0.2, 0.25) is 5.02 Å². The Hall–Kier alpha value is -2.58. The van der Waals surface area contributed by atoms with Crippen molar-refractivity contribution in [2.45, 2.75) is 68.9 Å². The van der Waals surface area contributed by atoms with Crippen LogP contribution < -0.4 is 4.31 Å². The molecule has 4 rings (SSSR count). The molecule has 1 heterocycles. The maximum absolute atomic E-state index is 13.5. The summed E-state index contributed by atoms with van der Waals surface area (Å²) in [5, 5.41) is 0.0632. The van der Waals surface area contributed by atoms with E-state index >= 15 is 0 Å². The molecule has 35 heavy (non-hydrogen) atoms. The van der Waals surface area contributed by atoms with Crippen LogP contribution in [0.5, 0.6) is 0 Å². The van der Waals surface area contributed by atoms with Crippen molar-refractivity contribution in [1.82, 2.24) is 4.90 Å². The highest BCUT2D eigenvalue weighted by molar-refractivity contribution is 7.92. The quantitative estimate of drug-likeness (QED) is 0.512. The molecule has 1 saturated carbocycles. The average Bonchev–Trinajstić information content (AvgIpc) is 2.87. The van der Waals surface area contributed by atoms with Crippen LogP contribution in [0.4, 0.5) is 5.69 Å². The Kier molecular flexibility index (Phi) is 7.71. The van der Waals surface area contributed by atoms with Gasteiger partial charge in [-0.2, -0.15) is 0 Å². The number of halogens is 1. The average molecular weight is 519 g/mol. The largest absolute Gasteiger partial charge is 0.449 e. The van der Waals surface area contributed by atoms with Crippen LogP contribution in [0.3, 0.4) is 0 Å². The minimum Gasteiger partial charge on any atom is -0.449 e. The summed E-state index contributed by atoms with van der Waals surface area (Å²) in [5.41, 5.74) is 1.52. The van der Waals surface area contributed by atoms with E-state index in [1.807, 2.05) is 12.1 Å². The number of aryl methyl sites for hydroxylation is 1. The van der Waals surface area contributed by atoms with Crippen molar-refractivity contribution < 1.29 is 22.7 Å². The summed E-state index contributed by atoms with van der Waals surface area (Å²) >= 11 is 6.25. The van der Waals surface area contributed by atoms with Gasteiger partial charge in [0.05, 0.1) is 21.2 Å². The van der Waals surface area contributed by atoms with Crippen LogP contribution in [0.25, 0.3) is 0 Å². The van der Waals surface area contributed by atoms with Gasteiger partial charge in [0.15, 0.2) is 6.10 Å². The smallest absolute Gasteiger partial charge is 0.340 e. The number of hydrogen-bond acceptors (Lipinski definition) is 5. The molecule has 0 bridgehead atoms. The van der Waals surface area contributed by atoms with E-state index in [0.717, 1.165) is 37.7 Å². The van der Waals surface area contributed by atoms with E-state index in [2.05, 4.69) is 0 Å². The number of nitrogens with zero attached hydrogens (tertiary/aromatic N) is 2. The number of fused-ring (bicyclic) bond motifs is 1. The molecule has 1 aliphatic carbocycles. The lowest BCUT2D eigenvalue weighted by Crippen LogP contribution is -2.44. The fourth-order valence-electron chi connectivity index (χ4n) is 4.91. The van der Waals surface area contributed by atoms with Crippen molar-refractivity contribution in [3.8, 4) is 0 Å². The first kappa shape index (κ1) is 25.5. The van der Waals surface area contributed by atoms with Gasteiger partial charge in [-0.25, -0.2) is 13.2 Å². The molecular formula is C26H31ClN2O5S. The van der Waals surface area contributed by atoms with Crippen molar-refractivity contribution in [3.05, 3.63) is 58.6 Å². The lowest BCUT2D eigenvalue weighted by Gasteiger charge is -2.32. The second-order valence-electron chi connectivity index (χ2n) is 9.24. The van der Waals surface area contributed by atoms with E-state index in [1.165, 1.54) is 35.8 Å². The number of amides is 1. The number of sulfonamides is 1. The monoisotopic (exact) mass is 518 g/mol. The fourth-order valence-corrected chi connectivity index (χ4v) is 6.67. The predicted molar refractivity (Wildman–Crippen MR) is 135 cm³/mol. The normalized spacial score (nSPS) is 17.4. The zero-order valence-corrected chi connectivity index (χ0v) is 21.6. The first-order chi connectivity index (χ1) is 16.7. The number of likely N-dealkylation sites (N-methyl/N-ethyl adjacent to an activating group) is 1. The molecule has 0 saturated heterocycles. The highest BCUT2D eigenvalue weighted by atomic mass is 35.5. The first-order valence-electron chi connectivity index (χ1n) is 12.1. The number of esters is 1. The Morgan fingerprint density at radius 2 is 1.80 bits per heavy atom. The van der Waals surface area contributed by atoms with Crippen molar-refractivity contribution in [2.24, 2.45) is 0 Å². The van der Waals surface area contributed by atoms with Gasteiger partial charge in [-0.05, 0) is 62.4 Å². The first-order valence-corrected chi connectivity index (χ1v) is 13.9. The van der Waals surface area contributed by atoms with E-state index in [9.17, 15) is 18.0 Å². The van der Waals surface area contributed by atoms with Crippen molar-refractivity contribution in [2.75, 3.05) is 17.9 Å². The minimum absolute atomic E-state index is 0.0520. The second kappa shape index (κ2) is 10.6. The Morgan fingerprint density at radius 3 is 2.54 bits per heavy atom. The Morgan fingerprint density at radius 1 is 1.09 bits per heavy atom. The summed E-state index contributed by atoms with van der Waals surface area (Å²) in [6.07, 6.45) is 5.70. The molecule has 0 aromatic heterocycles. The zero-order chi connectivity index (χ0) is 25.2. The van der Waals surface area contributed by atoms with E-state index < -0.39 is 22.1 Å². The van der Waals surface area contributed by atoms with E-state index in [0.29, 0.717) is 18.7 Å². The summed E-state index contributed by atoms with van der Waals surface area (Å²) in [6.45, 7) is 1.87. The van der Waals surface area contributed by atoms with Crippen LogP contribution in [0, 0.1) is 0 Å². The lowest BCUT2D eigenvalue weighted by molar-refractivity contribution is -0.141. The number of benzene rings is 2. The molecule has 188 valence electrons. The molecular weight excluding hydrogens is 488 g/mol. The fraction of sp³-hybridized carbons (Fsp3) is 0.462. The van der Waals surface area contributed by atoms with Crippen LogP contribution in [-0.4, -0.2) is 50.9 Å². The van der Waals surface area contributed by atoms with Crippen molar-refractivity contribution in [1.29, 1.82) is 0 Å². The number of hydrogen-bond donors (Lipinski definition) is 0. The van der Waals surface area contributed by atoms with E-state index in [4.69, 9.17) is 16.3 Å². The standard InChI is InChI=1S/C26H31ClN2O5S/c1-18(25(30)28(2)20-11-4-3-5-12-20)34-26(31)22-17-21(14-15-23(22)27)35(32,33)29-16-8-10-19-9-6-7-13-24(19)29/h6-7,9,13-15,17-18,20H,3-5,8,10-12,16H2,1-2H3/t18-/m0/s1. The van der Waals surface area contributed by atoms with Crippen LogP contribution in [0.1, 0.15) is 61.4 Å². The number of carbonyl (C=O) groups is 2. The van der Waals surface area contributed by atoms with E-state index in [-0.39, 0.29) is 27.4 Å². The third-order valence-corrected chi connectivity index (χ3v) is 9.05. The van der Waals surface area contributed by atoms with E-state index in [1.54, 1.807) is 24.1 Å². The second-order valence-corrected chi connectivity index (χ2v) is 11.5.